The van der Waals surface area contributed by atoms with E-state index >= 15 is 0 Å². The number of para-hydroxylation sites is 2. The van der Waals surface area contributed by atoms with Gasteiger partial charge in [-0.1, -0.05) is 169 Å². The third-order valence-corrected chi connectivity index (χ3v) is 16.4. The molecule has 0 amide bonds. The van der Waals surface area contributed by atoms with Crippen molar-refractivity contribution in [3.8, 4) is 0 Å². The van der Waals surface area contributed by atoms with Crippen molar-refractivity contribution in [3.63, 3.8) is 0 Å². The highest BCUT2D eigenvalue weighted by molar-refractivity contribution is 8.00. The van der Waals surface area contributed by atoms with Crippen LogP contribution in [0.25, 0.3) is 45.1 Å². The second-order valence-corrected chi connectivity index (χ2v) is 21.1. The van der Waals surface area contributed by atoms with Crippen LogP contribution < -0.4 is 0 Å². The van der Waals surface area contributed by atoms with E-state index in [1.54, 1.807) is 35.3 Å². The molecule has 0 bridgehead atoms. The third kappa shape index (κ3) is 11.3. The zero-order chi connectivity index (χ0) is 48.5. The van der Waals surface area contributed by atoms with Gasteiger partial charge in [0.25, 0.3) is 0 Å². The van der Waals surface area contributed by atoms with Crippen LogP contribution in [0.4, 0.5) is 0 Å². The highest BCUT2D eigenvalue weighted by atomic mass is 32.2. The van der Waals surface area contributed by atoms with Gasteiger partial charge < -0.3 is 19.3 Å². The van der Waals surface area contributed by atoms with Gasteiger partial charge in [0.15, 0.2) is 0 Å². The van der Waals surface area contributed by atoms with Crippen LogP contribution >= 0.6 is 35.3 Å². The van der Waals surface area contributed by atoms with Gasteiger partial charge in [0.05, 0.1) is 12.2 Å². The Hall–Kier alpha value is -6.71. The summed E-state index contributed by atoms with van der Waals surface area (Å²) in [6, 6.07) is 76.6. The van der Waals surface area contributed by atoms with E-state index in [2.05, 4.69) is 254 Å². The molecule has 10 rings (SSSR count). The Morgan fingerprint density at radius 2 is 0.690 bits per heavy atom. The van der Waals surface area contributed by atoms with Crippen LogP contribution in [0, 0.1) is 13.8 Å². The van der Waals surface area contributed by atoms with E-state index in [1.165, 1.54) is 55.3 Å². The summed E-state index contributed by atoms with van der Waals surface area (Å²) in [4.78, 5) is 4.59. The fraction of sp³-hybridized carbons (Fsp3) is 0.125. The number of rotatable bonds is 18. The Labute approximate surface area is 430 Å². The lowest BCUT2D eigenvalue weighted by molar-refractivity contribution is 0.178. The molecule has 0 aliphatic rings. The number of hydrogen-bond acceptors (Lipinski definition) is 5. The molecule has 2 heterocycles. The molecule has 0 aliphatic carbocycles. The van der Waals surface area contributed by atoms with E-state index in [9.17, 15) is 10.2 Å². The first kappa shape index (κ1) is 47.9. The average Bonchev–Trinajstić information content (AvgIpc) is 3.83. The zero-order valence-corrected chi connectivity index (χ0v) is 42.4. The first-order chi connectivity index (χ1) is 34.9. The number of nitrogens with zero attached hydrogens (tertiary/aromatic N) is 2. The molecule has 0 saturated heterocycles. The van der Waals surface area contributed by atoms with Gasteiger partial charge in [0, 0.05) is 88.5 Å². The van der Waals surface area contributed by atoms with Crippen LogP contribution in [0.3, 0.4) is 0 Å². The van der Waals surface area contributed by atoms with Crippen molar-refractivity contribution in [1.29, 1.82) is 0 Å². The zero-order valence-electron chi connectivity index (χ0n) is 39.9. The van der Waals surface area contributed by atoms with Gasteiger partial charge >= 0.3 is 0 Å². The highest BCUT2D eigenvalue weighted by Crippen LogP contribution is 2.36. The molecule has 2 N–H and O–H groups in total. The number of fused-ring (bicyclic) bond motifs is 2. The Morgan fingerprint density at radius 1 is 0.394 bits per heavy atom. The molecule has 0 fully saturated rings. The van der Waals surface area contributed by atoms with Crippen LogP contribution in [-0.2, 0) is 13.1 Å². The minimum absolute atomic E-state index is 0.509. The largest absolute Gasteiger partial charge is 0.390 e. The fourth-order valence-corrected chi connectivity index (χ4v) is 11.9. The maximum absolute atomic E-state index is 11.5. The number of aromatic nitrogens is 2. The van der Waals surface area contributed by atoms with Gasteiger partial charge in [-0.15, -0.1) is 23.5 Å². The molecule has 7 heteroatoms. The molecule has 8 aromatic carbocycles. The summed E-state index contributed by atoms with van der Waals surface area (Å²) in [6.45, 7) is 5.36. The molecular weight excluding hydrogens is 925 g/mol. The molecule has 10 aromatic rings. The molecule has 0 aliphatic heterocycles. The summed E-state index contributed by atoms with van der Waals surface area (Å²) in [5, 5.41) is 25.3. The predicted octanol–water partition coefficient (Wildman–Crippen LogP) is 15.8. The van der Waals surface area contributed by atoms with Crippen molar-refractivity contribution >= 4 is 80.4 Å². The van der Waals surface area contributed by atoms with Crippen LogP contribution in [0.1, 0.15) is 44.8 Å². The lowest BCUT2D eigenvalue weighted by Crippen LogP contribution is -2.19. The molecular formula is C64H56N2O2S3. The van der Waals surface area contributed by atoms with Crippen LogP contribution in [0.2, 0.25) is 0 Å². The third-order valence-electron chi connectivity index (χ3n) is 13.0. The van der Waals surface area contributed by atoms with Crippen molar-refractivity contribution in [2.45, 2.75) is 58.7 Å². The molecule has 2 aromatic heterocycles. The predicted molar refractivity (Wildman–Crippen MR) is 304 cm³/mol. The van der Waals surface area contributed by atoms with Gasteiger partial charge in [-0.2, -0.15) is 0 Å². The Bertz CT molecular complexity index is 3110. The van der Waals surface area contributed by atoms with E-state index in [0.29, 0.717) is 24.6 Å². The number of aliphatic hydroxyl groups excluding tert-OH is 2. The minimum atomic E-state index is -0.535. The number of benzene rings is 8. The number of aliphatic hydroxyl groups is 2. The second-order valence-electron chi connectivity index (χ2n) is 17.8. The average molecular weight is 981 g/mol. The van der Waals surface area contributed by atoms with Crippen molar-refractivity contribution < 1.29 is 10.2 Å². The molecule has 0 radical (unpaired) electrons. The SMILES string of the molecule is Cc1c(C=C(c2ccccc2)c2ccccc2)c2ccccc2n1CC(O)CSc1ccc(Sc2ccc(SCC(O)Cn3c(C)c(C=C(c4ccccc4)c4ccccc4)c4ccccc43)cc2)cc1. The molecule has 71 heavy (non-hydrogen) atoms. The normalized spacial score (nSPS) is 12.2. The van der Waals surface area contributed by atoms with E-state index < -0.39 is 12.2 Å². The van der Waals surface area contributed by atoms with Crippen LogP contribution in [-0.4, -0.2) is 43.1 Å². The molecule has 4 nitrogen and oxygen atoms in total. The van der Waals surface area contributed by atoms with E-state index in [4.69, 9.17) is 0 Å². The summed E-state index contributed by atoms with van der Waals surface area (Å²) in [7, 11) is 0. The van der Waals surface area contributed by atoms with Gasteiger partial charge in [-0.25, -0.2) is 0 Å². The Morgan fingerprint density at radius 3 is 1.03 bits per heavy atom. The monoisotopic (exact) mass is 980 g/mol. The number of hydrogen-bond donors (Lipinski definition) is 2. The maximum atomic E-state index is 11.5. The smallest absolute Gasteiger partial charge is 0.0812 e. The lowest BCUT2D eigenvalue weighted by Gasteiger charge is -2.15. The van der Waals surface area contributed by atoms with Crippen molar-refractivity contribution in [3.05, 3.63) is 263 Å². The number of thioether (sulfide) groups is 2. The van der Waals surface area contributed by atoms with Crippen molar-refractivity contribution in [2.75, 3.05) is 11.5 Å². The van der Waals surface area contributed by atoms with Gasteiger partial charge in [-0.3, -0.25) is 0 Å². The van der Waals surface area contributed by atoms with E-state index in [-0.39, 0.29) is 0 Å². The van der Waals surface area contributed by atoms with Crippen molar-refractivity contribution in [1.82, 2.24) is 9.13 Å². The highest BCUT2D eigenvalue weighted by Gasteiger charge is 2.19. The quantitative estimate of drug-likeness (QED) is 0.0839. The minimum Gasteiger partial charge on any atom is -0.390 e. The molecule has 352 valence electrons. The maximum Gasteiger partial charge on any atom is 0.0812 e. The standard InChI is InChI=1S/C64H56N2O2S3/c1-45-59(39-61(47-19-7-3-8-20-47)48-21-9-4-10-22-48)57-27-15-17-29-63(57)65(45)41-51(67)43-69-53-31-35-55(36-32-53)71-56-37-33-54(34-38-56)70-44-52(68)42-66-46(2)60(58-28-16-18-30-64(58)66)40-62(49-23-11-5-12-24-49)50-25-13-6-14-26-50/h3-40,51-52,67-68H,41-44H2,1-2H3. The van der Waals surface area contributed by atoms with Gasteiger partial charge in [-0.05, 0) is 120 Å². The molecule has 0 saturated carbocycles. The van der Waals surface area contributed by atoms with Crippen molar-refractivity contribution in [2.24, 2.45) is 0 Å². The molecule has 2 unspecified atom stereocenters. The first-order valence-electron chi connectivity index (χ1n) is 24.2. The summed E-state index contributed by atoms with van der Waals surface area (Å²) in [6.07, 6.45) is 3.56. The summed E-state index contributed by atoms with van der Waals surface area (Å²) >= 11 is 5.11. The summed E-state index contributed by atoms with van der Waals surface area (Å²) in [5.41, 5.74) is 13.9. The lowest BCUT2D eigenvalue weighted by atomic mass is 9.95. The van der Waals surface area contributed by atoms with E-state index in [1.807, 2.05) is 0 Å². The molecule has 2 atom stereocenters. The fourth-order valence-electron chi connectivity index (χ4n) is 9.43. The van der Waals surface area contributed by atoms with Gasteiger partial charge in [0.1, 0.15) is 0 Å². The summed E-state index contributed by atoms with van der Waals surface area (Å²) < 4.78 is 4.56. The topological polar surface area (TPSA) is 50.3 Å². The Kier molecular flexibility index (Phi) is 15.2. The van der Waals surface area contributed by atoms with Crippen LogP contribution in [0.15, 0.2) is 238 Å². The van der Waals surface area contributed by atoms with Crippen LogP contribution in [0.5, 0.6) is 0 Å². The molecule has 0 spiro atoms. The van der Waals surface area contributed by atoms with E-state index in [0.717, 1.165) is 42.0 Å². The van der Waals surface area contributed by atoms with Gasteiger partial charge in [0.2, 0.25) is 0 Å². The summed E-state index contributed by atoms with van der Waals surface area (Å²) in [5.74, 6) is 1.17. The first-order valence-corrected chi connectivity index (χ1v) is 27.0. The Balaban J connectivity index is 0.748. The second kappa shape index (κ2) is 22.6.